The van der Waals surface area contributed by atoms with Crippen molar-refractivity contribution in [2.45, 2.75) is 20.3 Å². The molecule has 5 heteroatoms. The maximum atomic E-state index is 10.0. The highest BCUT2D eigenvalue weighted by Gasteiger charge is 1.99. The fourth-order valence-electron chi connectivity index (χ4n) is 0.463. The normalized spacial score (nSPS) is 11.1. The average molecular weight is 176 g/mol. The number of rotatable bonds is 4. The molecule has 0 aromatic carbocycles. The van der Waals surface area contributed by atoms with Crippen molar-refractivity contribution >= 4 is 11.8 Å². The Morgan fingerprint density at radius 3 is 2.42 bits per heavy atom. The lowest BCUT2D eigenvalue weighted by Gasteiger charge is -2.01. The lowest BCUT2D eigenvalue weighted by molar-refractivity contribution is -0.136. The molecular formula is C7H16N2O3. The van der Waals surface area contributed by atoms with Crippen molar-refractivity contribution in [3.8, 4) is 0 Å². The summed E-state index contributed by atoms with van der Waals surface area (Å²) < 4.78 is 0. The highest BCUT2D eigenvalue weighted by atomic mass is 16.4. The number of aliphatic imine (C=N–C) groups is 1. The van der Waals surface area contributed by atoms with Gasteiger partial charge in [0.25, 0.3) is 0 Å². The largest absolute Gasteiger partial charge is 0.481 e. The first-order chi connectivity index (χ1) is 5.04. The van der Waals surface area contributed by atoms with Gasteiger partial charge in [-0.2, -0.15) is 0 Å². The van der Waals surface area contributed by atoms with Crippen LogP contribution in [0, 0.1) is 5.92 Å². The number of carbonyl (C=O) groups is 1. The molecule has 0 saturated heterocycles. The van der Waals surface area contributed by atoms with E-state index in [-0.39, 0.29) is 24.4 Å². The van der Waals surface area contributed by atoms with Crippen LogP contribution < -0.4 is 5.73 Å². The van der Waals surface area contributed by atoms with Gasteiger partial charge in [0.1, 0.15) is 0 Å². The van der Waals surface area contributed by atoms with Gasteiger partial charge in [-0.05, 0) is 0 Å². The van der Waals surface area contributed by atoms with Gasteiger partial charge in [0.2, 0.25) is 0 Å². The molecule has 0 aromatic rings. The van der Waals surface area contributed by atoms with Crippen LogP contribution in [0.15, 0.2) is 4.99 Å². The quantitative estimate of drug-likeness (QED) is 0.451. The van der Waals surface area contributed by atoms with Crippen LogP contribution in [-0.4, -0.2) is 28.9 Å². The summed E-state index contributed by atoms with van der Waals surface area (Å²) in [5, 5.41) is 8.25. The van der Waals surface area contributed by atoms with Crippen molar-refractivity contribution in [2.24, 2.45) is 16.6 Å². The molecule has 0 atom stereocenters. The van der Waals surface area contributed by atoms with Gasteiger partial charge < -0.3 is 16.3 Å². The minimum atomic E-state index is -0.842. The number of hydrogen-bond acceptors (Lipinski definition) is 2. The number of carboxylic acid groups (broad SMARTS) is 1. The predicted molar refractivity (Wildman–Crippen MR) is 47.2 cm³/mol. The molecule has 0 unspecified atom stereocenters. The molecule has 72 valence electrons. The van der Waals surface area contributed by atoms with Crippen molar-refractivity contribution in [1.82, 2.24) is 0 Å². The van der Waals surface area contributed by atoms with Crippen LogP contribution in [0.1, 0.15) is 20.3 Å². The third-order valence-corrected chi connectivity index (χ3v) is 1.21. The van der Waals surface area contributed by atoms with E-state index in [0.717, 1.165) is 0 Å². The van der Waals surface area contributed by atoms with E-state index in [1.54, 1.807) is 0 Å². The maximum Gasteiger partial charge on any atom is 0.305 e. The van der Waals surface area contributed by atoms with Gasteiger partial charge in [0, 0.05) is 5.92 Å². The Hall–Kier alpha value is -1.10. The fourth-order valence-corrected chi connectivity index (χ4v) is 0.463. The molecule has 12 heavy (non-hydrogen) atoms. The third kappa shape index (κ3) is 7.01. The van der Waals surface area contributed by atoms with Gasteiger partial charge in [-0.15, -0.1) is 0 Å². The standard InChI is InChI=1S/C7H14N2O2.H2O/c1-5(2)7(8)9-4-3-6(10)11;/h5H,3-4H2,1-2H3,(H2,8,9)(H,10,11);1H2. The lowest BCUT2D eigenvalue weighted by atomic mass is 10.2. The van der Waals surface area contributed by atoms with E-state index >= 15 is 0 Å². The molecular weight excluding hydrogens is 160 g/mol. The molecule has 5 N–H and O–H groups in total. The molecule has 0 aromatic heterocycles. The van der Waals surface area contributed by atoms with E-state index in [4.69, 9.17) is 10.8 Å². The minimum Gasteiger partial charge on any atom is -0.481 e. The zero-order chi connectivity index (χ0) is 8.85. The van der Waals surface area contributed by atoms with E-state index in [0.29, 0.717) is 5.84 Å². The summed E-state index contributed by atoms with van der Waals surface area (Å²) in [5.41, 5.74) is 5.46. The van der Waals surface area contributed by atoms with Crippen LogP contribution >= 0.6 is 0 Å². The first-order valence-electron chi connectivity index (χ1n) is 3.55. The number of aliphatic carboxylic acids is 1. The average Bonchev–Trinajstić information content (AvgIpc) is 1.86. The highest BCUT2D eigenvalue weighted by Crippen LogP contribution is 1.92. The Labute approximate surface area is 71.6 Å². The Kier molecular flexibility index (Phi) is 7.42. The number of amidine groups is 1. The SMILES string of the molecule is CC(C)C(N)=NCCC(=O)O.O. The summed E-state index contributed by atoms with van der Waals surface area (Å²) in [5.74, 6) is -0.125. The number of hydrogen-bond donors (Lipinski definition) is 2. The second kappa shape index (κ2) is 6.60. The van der Waals surface area contributed by atoms with Gasteiger partial charge in [-0.3, -0.25) is 9.79 Å². The van der Waals surface area contributed by atoms with Crippen molar-refractivity contribution in [3.63, 3.8) is 0 Å². The Morgan fingerprint density at radius 1 is 1.58 bits per heavy atom. The number of nitrogens with two attached hydrogens (primary N) is 1. The van der Waals surface area contributed by atoms with Crippen molar-refractivity contribution < 1.29 is 15.4 Å². The van der Waals surface area contributed by atoms with Crippen LogP contribution in [0.25, 0.3) is 0 Å². The molecule has 0 aliphatic carbocycles. The van der Waals surface area contributed by atoms with Crippen LogP contribution in [0.3, 0.4) is 0 Å². The van der Waals surface area contributed by atoms with Gasteiger partial charge in [0.05, 0.1) is 18.8 Å². The molecule has 0 bridgehead atoms. The monoisotopic (exact) mass is 176 g/mol. The van der Waals surface area contributed by atoms with Crippen LogP contribution in [0.4, 0.5) is 0 Å². The molecule has 0 rings (SSSR count). The van der Waals surface area contributed by atoms with Crippen LogP contribution in [0.2, 0.25) is 0 Å². The van der Waals surface area contributed by atoms with Gasteiger partial charge in [-0.1, -0.05) is 13.8 Å². The zero-order valence-electron chi connectivity index (χ0n) is 7.37. The smallest absolute Gasteiger partial charge is 0.305 e. The maximum absolute atomic E-state index is 10.0. The molecule has 0 heterocycles. The summed E-state index contributed by atoms with van der Waals surface area (Å²) in [6.45, 7) is 4.11. The highest BCUT2D eigenvalue weighted by molar-refractivity contribution is 5.82. The molecule has 0 aliphatic heterocycles. The first kappa shape index (κ1) is 13.5. The third-order valence-electron chi connectivity index (χ3n) is 1.21. The first-order valence-corrected chi connectivity index (χ1v) is 3.55. The summed E-state index contributed by atoms with van der Waals surface area (Å²) in [6.07, 6.45) is 0.0490. The summed E-state index contributed by atoms with van der Waals surface area (Å²) in [7, 11) is 0. The summed E-state index contributed by atoms with van der Waals surface area (Å²) in [6, 6.07) is 0. The second-order valence-corrected chi connectivity index (χ2v) is 2.61. The molecule has 0 fully saturated rings. The molecule has 0 saturated carbocycles. The van der Waals surface area contributed by atoms with E-state index in [1.807, 2.05) is 13.8 Å². The Bertz CT molecular complexity index is 166. The second-order valence-electron chi connectivity index (χ2n) is 2.61. The van der Waals surface area contributed by atoms with Crippen molar-refractivity contribution in [1.29, 1.82) is 0 Å². The Balaban J connectivity index is 0. The molecule has 0 radical (unpaired) electrons. The van der Waals surface area contributed by atoms with Gasteiger partial charge in [0.15, 0.2) is 0 Å². The summed E-state index contributed by atoms with van der Waals surface area (Å²) >= 11 is 0. The van der Waals surface area contributed by atoms with Gasteiger partial charge >= 0.3 is 5.97 Å². The van der Waals surface area contributed by atoms with E-state index < -0.39 is 5.97 Å². The van der Waals surface area contributed by atoms with E-state index in [1.165, 1.54) is 0 Å². The van der Waals surface area contributed by atoms with Crippen LogP contribution in [0.5, 0.6) is 0 Å². The predicted octanol–water partition coefficient (Wildman–Crippen LogP) is -0.350. The fraction of sp³-hybridized carbons (Fsp3) is 0.714. The molecule has 0 amide bonds. The molecule has 0 spiro atoms. The Morgan fingerprint density at radius 2 is 2.08 bits per heavy atom. The topological polar surface area (TPSA) is 107 Å². The summed E-state index contributed by atoms with van der Waals surface area (Å²) in [4.78, 5) is 13.9. The number of nitrogens with zero attached hydrogens (tertiary/aromatic N) is 1. The van der Waals surface area contributed by atoms with Gasteiger partial charge in [-0.25, -0.2) is 0 Å². The lowest BCUT2D eigenvalue weighted by Crippen LogP contribution is -2.19. The molecule has 5 nitrogen and oxygen atoms in total. The zero-order valence-corrected chi connectivity index (χ0v) is 7.37. The number of carboxylic acids is 1. The van der Waals surface area contributed by atoms with E-state index in [2.05, 4.69) is 4.99 Å². The van der Waals surface area contributed by atoms with Crippen molar-refractivity contribution in [2.75, 3.05) is 6.54 Å². The van der Waals surface area contributed by atoms with Crippen molar-refractivity contribution in [3.05, 3.63) is 0 Å². The minimum absolute atomic E-state index is 0. The molecule has 0 aliphatic rings. The van der Waals surface area contributed by atoms with E-state index in [9.17, 15) is 4.79 Å². The van der Waals surface area contributed by atoms with Crippen LogP contribution in [-0.2, 0) is 4.79 Å².